The van der Waals surface area contributed by atoms with Gasteiger partial charge in [-0.3, -0.25) is 4.79 Å². The Morgan fingerprint density at radius 2 is 1.58 bits per heavy atom. The summed E-state index contributed by atoms with van der Waals surface area (Å²) in [6.45, 7) is -0.317. The Balaban J connectivity index is 2.09. The number of amides is 1. The Kier molecular flexibility index (Phi) is 5.54. The van der Waals surface area contributed by atoms with Crippen LogP contribution in [0.4, 0.5) is 5.69 Å². The van der Waals surface area contributed by atoms with Crippen LogP contribution >= 0.6 is 15.9 Å². The smallest absolute Gasteiger partial charge is 0.335 e. The van der Waals surface area contributed by atoms with E-state index in [1.807, 2.05) is 0 Å². The summed E-state index contributed by atoms with van der Waals surface area (Å²) >= 11 is 3.28. The fourth-order valence-corrected chi connectivity index (χ4v) is 2.25. The summed E-state index contributed by atoms with van der Waals surface area (Å²) in [4.78, 5) is 34.0. The van der Waals surface area contributed by atoms with Crippen LogP contribution in [0.3, 0.4) is 0 Å². The molecule has 0 aliphatic heterocycles. The number of para-hydroxylation sites is 1. The highest BCUT2D eigenvalue weighted by atomic mass is 79.9. The molecule has 8 heteroatoms. The molecule has 3 N–H and O–H groups in total. The van der Waals surface area contributed by atoms with Gasteiger partial charge in [-0.2, -0.15) is 0 Å². The normalized spacial score (nSPS) is 10.0. The molecule has 0 aliphatic carbocycles. The van der Waals surface area contributed by atoms with E-state index in [0.29, 0.717) is 10.2 Å². The quantitative estimate of drug-likeness (QED) is 0.695. The summed E-state index contributed by atoms with van der Waals surface area (Å²) in [5.74, 6) is -2.67. The zero-order valence-corrected chi connectivity index (χ0v) is 13.7. The van der Waals surface area contributed by atoms with Gasteiger partial charge in [0.05, 0.1) is 15.6 Å². The lowest BCUT2D eigenvalue weighted by Gasteiger charge is -2.10. The van der Waals surface area contributed by atoms with Crippen LogP contribution in [-0.2, 0) is 4.79 Å². The van der Waals surface area contributed by atoms with Crippen molar-refractivity contribution < 1.29 is 29.3 Å². The standard InChI is InChI=1S/C16H12BrNO6/c17-12-3-1-2-4-13(12)24-8-14(19)18-11-6-9(15(20)21)5-10(7-11)16(22)23/h1-7H,8H2,(H,18,19)(H,20,21)(H,22,23). The second-order valence-corrected chi connectivity index (χ2v) is 5.53. The first-order valence-corrected chi connectivity index (χ1v) is 7.45. The predicted molar refractivity (Wildman–Crippen MR) is 88.6 cm³/mol. The molecule has 0 aromatic heterocycles. The van der Waals surface area contributed by atoms with E-state index in [1.54, 1.807) is 24.3 Å². The Hall–Kier alpha value is -2.87. The number of carboxylic acids is 2. The number of aromatic carboxylic acids is 2. The Labute approximate surface area is 145 Å². The van der Waals surface area contributed by atoms with E-state index in [2.05, 4.69) is 21.2 Å². The van der Waals surface area contributed by atoms with Crippen molar-refractivity contribution >= 4 is 39.5 Å². The van der Waals surface area contributed by atoms with Crippen molar-refractivity contribution in [2.75, 3.05) is 11.9 Å². The van der Waals surface area contributed by atoms with E-state index in [-0.39, 0.29) is 23.4 Å². The third-order valence-electron chi connectivity index (χ3n) is 2.91. The number of hydrogen-bond acceptors (Lipinski definition) is 4. The summed E-state index contributed by atoms with van der Waals surface area (Å²) in [7, 11) is 0. The van der Waals surface area contributed by atoms with Gasteiger partial charge in [0.1, 0.15) is 5.75 Å². The average Bonchev–Trinajstić information content (AvgIpc) is 2.53. The van der Waals surface area contributed by atoms with Crippen molar-refractivity contribution in [2.24, 2.45) is 0 Å². The molecule has 2 aromatic carbocycles. The van der Waals surface area contributed by atoms with Crippen molar-refractivity contribution in [2.45, 2.75) is 0 Å². The van der Waals surface area contributed by atoms with Gasteiger partial charge < -0.3 is 20.3 Å². The molecule has 7 nitrogen and oxygen atoms in total. The summed E-state index contributed by atoms with van der Waals surface area (Å²) in [6, 6.07) is 10.3. The van der Waals surface area contributed by atoms with E-state index >= 15 is 0 Å². The van der Waals surface area contributed by atoms with E-state index in [9.17, 15) is 14.4 Å². The van der Waals surface area contributed by atoms with Gasteiger partial charge in [-0.1, -0.05) is 12.1 Å². The Morgan fingerprint density at radius 3 is 2.12 bits per heavy atom. The second-order valence-electron chi connectivity index (χ2n) is 4.68. The van der Waals surface area contributed by atoms with Crippen molar-refractivity contribution in [3.05, 3.63) is 58.1 Å². The molecule has 0 radical (unpaired) electrons. The number of ether oxygens (including phenoxy) is 1. The number of carboxylic acid groups (broad SMARTS) is 2. The van der Waals surface area contributed by atoms with Gasteiger partial charge in [0.25, 0.3) is 5.91 Å². The van der Waals surface area contributed by atoms with Gasteiger partial charge in [0, 0.05) is 5.69 Å². The molecule has 0 fully saturated rings. The van der Waals surface area contributed by atoms with Gasteiger partial charge in [-0.15, -0.1) is 0 Å². The molecular formula is C16H12BrNO6. The maximum absolute atomic E-state index is 11.9. The van der Waals surface area contributed by atoms with E-state index in [0.717, 1.165) is 6.07 Å². The van der Waals surface area contributed by atoms with Crippen molar-refractivity contribution in [3.8, 4) is 5.75 Å². The van der Waals surface area contributed by atoms with Crippen LogP contribution in [0.15, 0.2) is 46.9 Å². The number of anilines is 1. The lowest BCUT2D eigenvalue weighted by Crippen LogP contribution is -2.20. The number of benzene rings is 2. The van der Waals surface area contributed by atoms with Crippen LogP contribution in [0.25, 0.3) is 0 Å². The minimum atomic E-state index is -1.29. The summed E-state index contributed by atoms with van der Waals surface area (Å²) in [5.41, 5.74) is -0.415. The monoisotopic (exact) mass is 393 g/mol. The molecular weight excluding hydrogens is 382 g/mol. The molecule has 0 heterocycles. The van der Waals surface area contributed by atoms with Gasteiger partial charge in [0.15, 0.2) is 6.61 Å². The number of nitrogens with one attached hydrogen (secondary N) is 1. The largest absolute Gasteiger partial charge is 0.483 e. The number of hydrogen-bond donors (Lipinski definition) is 3. The third-order valence-corrected chi connectivity index (χ3v) is 3.56. The highest BCUT2D eigenvalue weighted by Crippen LogP contribution is 2.23. The first kappa shape index (κ1) is 17.5. The van der Waals surface area contributed by atoms with E-state index < -0.39 is 17.8 Å². The van der Waals surface area contributed by atoms with Crippen molar-refractivity contribution in [1.82, 2.24) is 0 Å². The molecule has 0 atom stereocenters. The van der Waals surface area contributed by atoms with Gasteiger partial charge in [-0.05, 0) is 46.3 Å². The SMILES string of the molecule is O=C(COc1ccccc1Br)Nc1cc(C(=O)O)cc(C(=O)O)c1. The van der Waals surface area contributed by atoms with Crippen LogP contribution < -0.4 is 10.1 Å². The van der Waals surface area contributed by atoms with Crippen molar-refractivity contribution in [1.29, 1.82) is 0 Å². The number of carbonyl (C=O) groups is 3. The zero-order chi connectivity index (χ0) is 17.7. The molecule has 0 saturated heterocycles. The number of rotatable bonds is 6. The summed E-state index contributed by atoms with van der Waals surface area (Å²) in [5, 5.41) is 20.4. The first-order chi connectivity index (χ1) is 11.4. The van der Waals surface area contributed by atoms with Crippen LogP contribution in [0.5, 0.6) is 5.75 Å². The second kappa shape index (κ2) is 7.60. The molecule has 1 amide bonds. The lowest BCUT2D eigenvalue weighted by molar-refractivity contribution is -0.118. The van der Waals surface area contributed by atoms with Gasteiger partial charge >= 0.3 is 11.9 Å². The average molecular weight is 394 g/mol. The van der Waals surface area contributed by atoms with Crippen LogP contribution in [-0.4, -0.2) is 34.7 Å². The number of halogens is 1. The van der Waals surface area contributed by atoms with E-state index in [1.165, 1.54) is 12.1 Å². The minimum absolute atomic E-state index is 0.0630. The maximum atomic E-state index is 11.9. The van der Waals surface area contributed by atoms with Gasteiger partial charge in [0.2, 0.25) is 0 Å². The fourth-order valence-electron chi connectivity index (χ4n) is 1.85. The van der Waals surface area contributed by atoms with Crippen LogP contribution in [0.2, 0.25) is 0 Å². The number of carbonyl (C=O) groups excluding carboxylic acids is 1. The predicted octanol–water partition coefficient (Wildman–Crippen LogP) is 2.86. The fraction of sp³-hybridized carbons (Fsp3) is 0.0625. The molecule has 0 aliphatic rings. The third kappa shape index (κ3) is 4.56. The zero-order valence-electron chi connectivity index (χ0n) is 12.2. The van der Waals surface area contributed by atoms with Crippen LogP contribution in [0.1, 0.15) is 20.7 Å². The maximum Gasteiger partial charge on any atom is 0.335 e. The summed E-state index contributed by atoms with van der Waals surface area (Å²) < 4.78 is 6.01. The molecule has 124 valence electrons. The molecule has 24 heavy (non-hydrogen) atoms. The highest BCUT2D eigenvalue weighted by Gasteiger charge is 2.13. The molecule has 0 saturated carbocycles. The Bertz CT molecular complexity index is 773. The lowest BCUT2D eigenvalue weighted by atomic mass is 10.1. The molecule has 0 unspecified atom stereocenters. The minimum Gasteiger partial charge on any atom is -0.483 e. The van der Waals surface area contributed by atoms with Crippen molar-refractivity contribution in [3.63, 3.8) is 0 Å². The highest BCUT2D eigenvalue weighted by molar-refractivity contribution is 9.10. The topological polar surface area (TPSA) is 113 Å². The molecule has 0 spiro atoms. The Morgan fingerprint density at radius 1 is 1.00 bits per heavy atom. The first-order valence-electron chi connectivity index (χ1n) is 6.65. The summed E-state index contributed by atoms with van der Waals surface area (Å²) in [6.07, 6.45) is 0. The van der Waals surface area contributed by atoms with Crippen LogP contribution in [0, 0.1) is 0 Å². The molecule has 0 bridgehead atoms. The molecule has 2 aromatic rings. The van der Waals surface area contributed by atoms with E-state index in [4.69, 9.17) is 14.9 Å². The molecule has 2 rings (SSSR count). The van der Waals surface area contributed by atoms with Gasteiger partial charge in [-0.25, -0.2) is 9.59 Å².